The molecule has 1 atom stereocenters. The van der Waals surface area contributed by atoms with Gasteiger partial charge in [0.2, 0.25) is 0 Å². The maximum atomic E-state index is 6.16. The molecule has 0 radical (unpaired) electrons. The van der Waals surface area contributed by atoms with Gasteiger partial charge in [-0.1, -0.05) is 29.8 Å². The summed E-state index contributed by atoms with van der Waals surface area (Å²) < 4.78 is 14.1. The van der Waals surface area contributed by atoms with Crippen molar-refractivity contribution in [1.29, 1.82) is 0 Å². The number of halogens is 1. The Morgan fingerprint density at radius 2 is 1.97 bits per heavy atom. The SMILES string of the molecule is Clc1ccc(CCOc2ccc3c(c2)C=CC(c2cc4cccn4cn2)O3)cc1. The molecule has 0 N–H and O–H groups in total. The Balaban J connectivity index is 1.25. The minimum absolute atomic E-state index is 0.195. The molecule has 1 aliphatic heterocycles. The highest BCUT2D eigenvalue weighted by Gasteiger charge is 2.18. The molecule has 4 nitrogen and oxygen atoms in total. The highest BCUT2D eigenvalue weighted by Crippen LogP contribution is 2.34. The second-order valence-electron chi connectivity index (χ2n) is 6.98. The van der Waals surface area contributed by atoms with Gasteiger partial charge in [-0.05, 0) is 60.2 Å². The Kier molecular flexibility index (Phi) is 4.70. The van der Waals surface area contributed by atoms with Gasteiger partial charge in [0.05, 0.1) is 18.6 Å². The predicted molar refractivity (Wildman–Crippen MR) is 115 cm³/mol. The summed E-state index contributed by atoms with van der Waals surface area (Å²) in [5.41, 5.74) is 4.20. The van der Waals surface area contributed by atoms with Crippen LogP contribution in [-0.4, -0.2) is 16.0 Å². The standard InChI is InChI=1S/C24H19ClN2O2/c25-19-6-3-17(4-7-19)11-13-28-21-8-10-23-18(14-21)5-9-24(29-23)22-15-20-2-1-12-27(20)16-26-22/h1-10,12,14-16,24H,11,13H2. The molecule has 0 bridgehead atoms. The number of nitrogens with zero attached hydrogens (tertiary/aromatic N) is 2. The van der Waals surface area contributed by atoms with E-state index in [2.05, 4.69) is 17.1 Å². The van der Waals surface area contributed by atoms with Crippen LogP contribution in [0.5, 0.6) is 11.5 Å². The number of hydrogen-bond acceptors (Lipinski definition) is 3. The molecule has 5 heteroatoms. The van der Waals surface area contributed by atoms with E-state index in [9.17, 15) is 0 Å². The van der Waals surface area contributed by atoms with Crippen LogP contribution in [-0.2, 0) is 6.42 Å². The minimum atomic E-state index is -0.195. The molecule has 0 fully saturated rings. The molecule has 1 aliphatic rings. The first-order chi connectivity index (χ1) is 14.2. The molecule has 0 aliphatic carbocycles. The van der Waals surface area contributed by atoms with Crippen LogP contribution in [0.4, 0.5) is 0 Å². The smallest absolute Gasteiger partial charge is 0.159 e. The van der Waals surface area contributed by atoms with Crippen LogP contribution in [0, 0.1) is 0 Å². The van der Waals surface area contributed by atoms with E-state index in [4.69, 9.17) is 21.1 Å². The van der Waals surface area contributed by atoms with Crippen molar-refractivity contribution in [2.45, 2.75) is 12.5 Å². The van der Waals surface area contributed by atoms with Gasteiger partial charge in [0.25, 0.3) is 0 Å². The van der Waals surface area contributed by atoms with Crippen LogP contribution in [0.3, 0.4) is 0 Å². The molecule has 0 amide bonds. The van der Waals surface area contributed by atoms with Crippen LogP contribution in [0.25, 0.3) is 11.6 Å². The van der Waals surface area contributed by atoms with E-state index in [1.54, 1.807) is 0 Å². The Labute approximate surface area is 174 Å². The number of aromatic nitrogens is 2. The number of benzene rings is 2. The van der Waals surface area contributed by atoms with Crippen molar-refractivity contribution in [2.24, 2.45) is 0 Å². The van der Waals surface area contributed by atoms with Gasteiger partial charge in [-0.15, -0.1) is 0 Å². The number of rotatable bonds is 5. The molecule has 5 rings (SSSR count). The molecule has 1 unspecified atom stereocenters. The summed E-state index contributed by atoms with van der Waals surface area (Å²) in [5, 5.41) is 0.748. The van der Waals surface area contributed by atoms with E-state index in [-0.39, 0.29) is 6.10 Å². The Morgan fingerprint density at radius 3 is 2.86 bits per heavy atom. The summed E-state index contributed by atoms with van der Waals surface area (Å²) in [6.45, 7) is 0.606. The van der Waals surface area contributed by atoms with Crippen LogP contribution in [0.1, 0.15) is 22.9 Å². The summed E-state index contributed by atoms with van der Waals surface area (Å²) in [4.78, 5) is 4.52. The van der Waals surface area contributed by atoms with Crippen molar-refractivity contribution >= 4 is 23.2 Å². The fraction of sp³-hybridized carbons (Fsp3) is 0.125. The van der Waals surface area contributed by atoms with Gasteiger partial charge < -0.3 is 13.9 Å². The van der Waals surface area contributed by atoms with E-state index in [0.717, 1.165) is 39.7 Å². The second kappa shape index (κ2) is 7.64. The fourth-order valence-corrected chi connectivity index (χ4v) is 3.55. The second-order valence-corrected chi connectivity index (χ2v) is 7.41. The lowest BCUT2D eigenvalue weighted by Gasteiger charge is -2.21. The monoisotopic (exact) mass is 402 g/mol. The molecule has 3 heterocycles. The van der Waals surface area contributed by atoms with E-state index >= 15 is 0 Å². The van der Waals surface area contributed by atoms with Gasteiger partial charge in [-0.2, -0.15) is 0 Å². The molecule has 2 aromatic heterocycles. The third-order valence-corrected chi connectivity index (χ3v) is 5.24. The maximum absolute atomic E-state index is 6.16. The number of fused-ring (bicyclic) bond motifs is 2. The lowest BCUT2D eigenvalue weighted by Crippen LogP contribution is -2.11. The highest BCUT2D eigenvalue weighted by molar-refractivity contribution is 6.30. The topological polar surface area (TPSA) is 35.8 Å². The molecule has 0 saturated heterocycles. The first-order valence-electron chi connectivity index (χ1n) is 9.53. The lowest BCUT2D eigenvalue weighted by molar-refractivity contribution is 0.246. The van der Waals surface area contributed by atoms with Crippen molar-refractivity contribution in [3.63, 3.8) is 0 Å². The van der Waals surface area contributed by atoms with Crippen molar-refractivity contribution in [1.82, 2.24) is 9.38 Å². The van der Waals surface area contributed by atoms with Gasteiger partial charge in [-0.25, -0.2) is 4.98 Å². The van der Waals surface area contributed by atoms with Gasteiger partial charge in [0.15, 0.2) is 6.10 Å². The Morgan fingerprint density at radius 1 is 1.07 bits per heavy atom. The summed E-state index contributed by atoms with van der Waals surface area (Å²) >= 11 is 5.92. The molecule has 2 aromatic carbocycles. The fourth-order valence-electron chi connectivity index (χ4n) is 3.43. The quantitative estimate of drug-likeness (QED) is 0.426. The summed E-state index contributed by atoms with van der Waals surface area (Å²) in [6.07, 6.45) is 8.53. The maximum Gasteiger partial charge on any atom is 0.159 e. The van der Waals surface area contributed by atoms with Gasteiger partial charge >= 0.3 is 0 Å². The Hall–Kier alpha value is -3.24. The summed E-state index contributed by atoms with van der Waals surface area (Å²) in [5.74, 6) is 1.66. The predicted octanol–water partition coefficient (Wildman–Crippen LogP) is 5.76. The summed E-state index contributed by atoms with van der Waals surface area (Å²) in [6, 6.07) is 19.9. The zero-order chi connectivity index (χ0) is 19.6. The molecule has 144 valence electrons. The van der Waals surface area contributed by atoms with Crippen molar-refractivity contribution in [3.05, 3.63) is 101 Å². The van der Waals surface area contributed by atoms with Crippen LogP contribution >= 0.6 is 11.6 Å². The zero-order valence-electron chi connectivity index (χ0n) is 15.7. The molecular formula is C24H19ClN2O2. The van der Waals surface area contributed by atoms with Crippen molar-refractivity contribution in [3.8, 4) is 11.5 Å². The van der Waals surface area contributed by atoms with E-state index in [1.807, 2.05) is 77.6 Å². The van der Waals surface area contributed by atoms with Crippen LogP contribution < -0.4 is 9.47 Å². The molecule has 0 saturated carbocycles. The van der Waals surface area contributed by atoms with E-state index < -0.39 is 0 Å². The van der Waals surface area contributed by atoms with E-state index in [0.29, 0.717) is 6.61 Å². The molecule has 29 heavy (non-hydrogen) atoms. The molecular weight excluding hydrogens is 384 g/mol. The molecule has 4 aromatic rings. The molecule has 0 spiro atoms. The first-order valence-corrected chi connectivity index (χ1v) is 9.91. The van der Waals surface area contributed by atoms with Gasteiger partial charge in [0.1, 0.15) is 11.5 Å². The van der Waals surface area contributed by atoms with Crippen LogP contribution in [0.15, 0.2) is 79.3 Å². The minimum Gasteiger partial charge on any atom is -0.493 e. The number of ether oxygens (including phenoxy) is 2. The number of hydrogen-bond donors (Lipinski definition) is 0. The highest BCUT2D eigenvalue weighted by atomic mass is 35.5. The van der Waals surface area contributed by atoms with Crippen molar-refractivity contribution < 1.29 is 9.47 Å². The normalized spacial score (nSPS) is 15.1. The third kappa shape index (κ3) is 3.84. The first kappa shape index (κ1) is 17.8. The average molecular weight is 403 g/mol. The van der Waals surface area contributed by atoms with Crippen LogP contribution in [0.2, 0.25) is 5.02 Å². The summed E-state index contributed by atoms with van der Waals surface area (Å²) in [7, 11) is 0. The lowest BCUT2D eigenvalue weighted by atomic mass is 10.1. The van der Waals surface area contributed by atoms with E-state index in [1.165, 1.54) is 5.56 Å². The average Bonchev–Trinajstić information content (AvgIpc) is 3.23. The third-order valence-electron chi connectivity index (χ3n) is 4.99. The van der Waals surface area contributed by atoms with Gasteiger partial charge in [-0.3, -0.25) is 0 Å². The zero-order valence-corrected chi connectivity index (χ0v) is 16.4. The van der Waals surface area contributed by atoms with Crippen molar-refractivity contribution in [2.75, 3.05) is 6.61 Å². The van der Waals surface area contributed by atoms with Gasteiger partial charge in [0, 0.05) is 28.7 Å². The largest absolute Gasteiger partial charge is 0.493 e. The Bertz CT molecular complexity index is 1180.